The molecule has 2 rings (SSSR count). The number of hydrogen-bond acceptors (Lipinski definition) is 2. The van der Waals surface area contributed by atoms with Gasteiger partial charge in [-0.2, -0.15) is 0 Å². The van der Waals surface area contributed by atoms with Gasteiger partial charge in [0.2, 0.25) is 5.91 Å². The Kier molecular flexibility index (Phi) is 1.60. The fourth-order valence-electron chi connectivity index (χ4n) is 1.71. The van der Waals surface area contributed by atoms with Crippen molar-refractivity contribution in [3.8, 4) is 0 Å². The Morgan fingerprint density at radius 3 is 2.73 bits per heavy atom. The maximum absolute atomic E-state index is 11.3. The summed E-state index contributed by atoms with van der Waals surface area (Å²) in [5.41, 5.74) is 5.50. The fourth-order valence-corrected chi connectivity index (χ4v) is 1.71. The molecule has 0 spiro atoms. The lowest BCUT2D eigenvalue weighted by Gasteiger charge is -2.14. The first-order chi connectivity index (χ1) is 5.31. The van der Waals surface area contributed by atoms with Crippen molar-refractivity contribution in [3.63, 3.8) is 0 Å². The summed E-state index contributed by atoms with van der Waals surface area (Å²) in [7, 11) is 0. The van der Waals surface area contributed by atoms with Gasteiger partial charge in [-0.3, -0.25) is 4.79 Å². The molecule has 1 saturated carbocycles. The molecule has 1 aliphatic carbocycles. The minimum atomic E-state index is 0.322. The van der Waals surface area contributed by atoms with Crippen molar-refractivity contribution in [1.29, 1.82) is 0 Å². The Bertz CT molecular complexity index is 177. The number of likely N-dealkylation sites (tertiary alicyclic amines) is 1. The molecule has 1 unspecified atom stereocenters. The summed E-state index contributed by atoms with van der Waals surface area (Å²) in [4.78, 5) is 13.3. The zero-order valence-electron chi connectivity index (χ0n) is 6.62. The molecule has 62 valence electrons. The minimum Gasteiger partial charge on any atom is -0.339 e. The van der Waals surface area contributed by atoms with Gasteiger partial charge in [0.15, 0.2) is 0 Å². The Hall–Kier alpha value is -0.570. The summed E-state index contributed by atoms with van der Waals surface area (Å²) in [5.74, 6) is 0.756. The summed E-state index contributed by atoms with van der Waals surface area (Å²) in [6.45, 7) is 1.58. The van der Waals surface area contributed by atoms with Crippen LogP contribution < -0.4 is 5.73 Å². The van der Waals surface area contributed by atoms with Crippen LogP contribution in [0.2, 0.25) is 0 Å². The molecule has 3 nitrogen and oxygen atoms in total. The standard InChI is InChI=1S/C8H14N2O/c9-4-6-3-8(11)10(5-6)7-1-2-7/h6-7H,1-5,9H2. The summed E-state index contributed by atoms with van der Waals surface area (Å²) in [6.07, 6.45) is 3.11. The SMILES string of the molecule is NCC1CC(=O)N(C2CC2)C1. The van der Waals surface area contributed by atoms with E-state index < -0.39 is 0 Å². The highest BCUT2D eigenvalue weighted by Gasteiger charge is 2.38. The van der Waals surface area contributed by atoms with Crippen LogP contribution in [0.5, 0.6) is 0 Å². The second kappa shape index (κ2) is 2.48. The molecule has 0 bridgehead atoms. The third-order valence-corrected chi connectivity index (χ3v) is 2.56. The van der Waals surface area contributed by atoms with E-state index in [2.05, 4.69) is 0 Å². The molecule has 2 fully saturated rings. The van der Waals surface area contributed by atoms with Crippen molar-refractivity contribution in [1.82, 2.24) is 4.90 Å². The third kappa shape index (κ3) is 1.25. The molecule has 3 heteroatoms. The summed E-state index contributed by atoms with van der Waals surface area (Å²) < 4.78 is 0. The van der Waals surface area contributed by atoms with E-state index in [0.29, 0.717) is 30.8 Å². The predicted molar refractivity (Wildman–Crippen MR) is 41.9 cm³/mol. The van der Waals surface area contributed by atoms with E-state index in [0.717, 1.165) is 6.54 Å². The lowest BCUT2D eigenvalue weighted by atomic mass is 10.1. The van der Waals surface area contributed by atoms with Gasteiger partial charge in [0.1, 0.15) is 0 Å². The predicted octanol–water partition coefficient (Wildman–Crippen LogP) is -0.0440. The Balaban J connectivity index is 1.96. The van der Waals surface area contributed by atoms with Crippen LogP contribution in [0.4, 0.5) is 0 Å². The molecular formula is C8H14N2O. The summed E-state index contributed by atoms with van der Waals surface area (Å²) >= 11 is 0. The smallest absolute Gasteiger partial charge is 0.223 e. The molecule has 2 aliphatic rings. The number of carbonyl (C=O) groups is 1. The largest absolute Gasteiger partial charge is 0.339 e. The monoisotopic (exact) mass is 154 g/mol. The first kappa shape index (κ1) is 7.10. The molecular weight excluding hydrogens is 140 g/mol. The first-order valence-corrected chi connectivity index (χ1v) is 4.31. The highest BCUT2D eigenvalue weighted by Crippen LogP contribution is 2.32. The number of rotatable bonds is 2. The second-order valence-electron chi connectivity index (χ2n) is 3.58. The quantitative estimate of drug-likeness (QED) is 0.606. The average molecular weight is 154 g/mol. The van der Waals surface area contributed by atoms with Gasteiger partial charge in [0.25, 0.3) is 0 Å². The Labute approximate surface area is 66.5 Å². The number of amides is 1. The maximum Gasteiger partial charge on any atom is 0.223 e. The molecule has 1 saturated heterocycles. The molecule has 1 amide bonds. The topological polar surface area (TPSA) is 46.3 Å². The van der Waals surface area contributed by atoms with E-state index in [1.54, 1.807) is 0 Å². The normalized spacial score (nSPS) is 31.5. The number of nitrogens with two attached hydrogens (primary N) is 1. The highest BCUT2D eigenvalue weighted by atomic mass is 16.2. The third-order valence-electron chi connectivity index (χ3n) is 2.56. The molecule has 1 aliphatic heterocycles. The number of nitrogens with zero attached hydrogens (tertiary/aromatic N) is 1. The zero-order chi connectivity index (χ0) is 7.84. The molecule has 11 heavy (non-hydrogen) atoms. The Morgan fingerprint density at radius 2 is 2.27 bits per heavy atom. The highest BCUT2D eigenvalue weighted by molar-refractivity contribution is 5.79. The molecule has 0 aromatic carbocycles. The van der Waals surface area contributed by atoms with E-state index in [-0.39, 0.29) is 0 Å². The molecule has 0 radical (unpaired) electrons. The van der Waals surface area contributed by atoms with Crippen molar-refractivity contribution in [2.75, 3.05) is 13.1 Å². The van der Waals surface area contributed by atoms with Crippen LogP contribution in [0.3, 0.4) is 0 Å². The van der Waals surface area contributed by atoms with Crippen LogP contribution in [0.15, 0.2) is 0 Å². The van der Waals surface area contributed by atoms with Crippen LogP contribution >= 0.6 is 0 Å². The van der Waals surface area contributed by atoms with Crippen molar-refractivity contribution >= 4 is 5.91 Å². The Morgan fingerprint density at radius 1 is 1.55 bits per heavy atom. The van der Waals surface area contributed by atoms with Crippen molar-refractivity contribution in [2.24, 2.45) is 11.7 Å². The van der Waals surface area contributed by atoms with Crippen LogP contribution in [0.25, 0.3) is 0 Å². The van der Waals surface area contributed by atoms with E-state index in [4.69, 9.17) is 5.73 Å². The second-order valence-corrected chi connectivity index (χ2v) is 3.58. The first-order valence-electron chi connectivity index (χ1n) is 4.31. The molecule has 0 aromatic heterocycles. The van der Waals surface area contributed by atoms with E-state index in [9.17, 15) is 4.79 Å². The van der Waals surface area contributed by atoms with Gasteiger partial charge in [-0.05, 0) is 25.3 Å². The molecule has 1 atom stereocenters. The molecule has 0 aromatic rings. The van der Waals surface area contributed by atoms with Gasteiger partial charge in [-0.1, -0.05) is 0 Å². The summed E-state index contributed by atoms with van der Waals surface area (Å²) in [6, 6.07) is 0.582. The summed E-state index contributed by atoms with van der Waals surface area (Å²) in [5, 5.41) is 0. The van der Waals surface area contributed by atoms with Crippen molar-refractivity contribution < 1.29 is 4.79 Å². The molecule has 1 heterocycles. The van der Waals surface area contributed by atoms with Crippen molar-refractivity contribution in [3.05, 3.63) is 0 Å². The van der Waals surface area contributed by atoms with E-state index in [1.165, 1.54) is 12.8 Å². The van der Waals surface area contributed by atoms with Gasteiger partial charge in [-0.25, -0.2) is 0 Å². The number of hydrogen-bond donors (Lipinski definition) is 1. The fraction of sp³-hybridized carbons (Fsp3) is 0.875. The lowest BCUT2D eigenvalue weighted by Crippen LogP contribution is -2.28. The zero-order valence-corrected chi connectivity index (χ0v) is 6.62. The minimum absolute atomic E-state index is 0.322. The molecule has 2 N–H and O–H groups in total. The average Bonchev–Trinajstić information content (AvgIpc) is 2.76. The van der Waals surface area contributed by atoms with E-state index >= 15 is 0 Å². The maximum atomic E-state index is 11.3. The van der Waals surface area contributed by atoms with Gasteiger partial charge >= 0.3 is 0 Å². The van der Waals surface area contributed by atoms with E-state index in [1.807, 2.05) is 4.90 Å². The van der Waals surface area contributed by atoms with Gasteiger partial charge < -0.3 is 10.6 Å². The van der Waals surface area contributed by atoms with Crippen molar-refractivity contribution in [2.45, 2.75) is 25.3 Å². The van der Waals surface area contributed by atoms with Crippen LogP contribution in [-0.4, -0.2) is 29.9 Å². The van der Waals surface area contributed by atoms with Gasteiger partial charge in [0.05, 0.1) is 0 Å². The number of carbonyl (C=O) groups excluding carboxylic acids is 1. The van der Waals surface area contributed by atoms with Crippen LogP contribution in [0.1, 0.15) is 19.3 Å². The van der Waals surface area contributed by atoms with Gasteiger partial charge in [-0.15, -0.1) is 0 Å². The lowest BCUT2D eigenvalue weighted by molar-refractivity contribution is -0.128. The van der Waals surface area contributed by atoms with Gasteiger partial charge in [0, 0.05) is 19.0 Å². The van der Waals surface area contributed by atoms with Crippen LogP contribution in [-0.2, 0) is 4.79 Å². The van der Waals surface area contributed by atoms with Crippen LogP contribution in [0, 0.1) is 5.92 Å².